The first-order valence-electron chi connectivity index (χ1n) is 10.0. The average Bonchev–Trinajstić information content (AvgIpc) is 2.97. The molecule has 1 fully saturated rings. The van der Waals surface area contributed by atoms with Crippen LogP contribution >= 0.6 is 0 Å². The van der Waals surface area contributed by atoms with E-state index < -0.39 is 0 Å². The molecule has 4 heterocycles. The summed E-state index contributed by atoms with van der Waals surface area (Å²) in [5, 5.41) is 12.5. The number of likely N-dealkylation sites (tertiary alicyclic amines) is 1. The third-order valence-corrected chi connectivity index (χ3v) is 5.44. The van der Waals surface area contributed by atoms with Crippen LogP contribution < -0.4 is 5.32 Å². The maximum atomic E-state index is 13.1. The second-order valence-electron chi connectivity index (χ2n) is 7.40. The summed E-state index contributed by atoms with van der Waals surface area (Å²) in [7, 11) is 0. The number of carbonyl (C=O) groups is 1. The van der Waals surface area contributed by atoms with Gasteiger partial charge in [-0.3, -0.25) is 19.9 Å². The fraction of sp³-hybridized carbons (Fsp3) is 0.273. The van der Waals surface area contributed by atoms with Crippen LogP contribution in [0.15, 0.2) is 48.8 Å². The van der Waals surface area contributed by atoms with Crippen molar-refractivity contribution in [1.82, 2.24) is 25.1 Å². The monoisotopic (exact) mass is 386 g/mol. The molecule has 3 aromatic heterocycles. The van der Waals surface area contributed by atoms with E-state index in [0.29, 0.717) is 11.5 Å². The number of aromatic nitrogens is 4. The third kappa shape index (κ3) is 3.40. The van der Waals surface area contributed by atoms with Crippen molar-refractivity contribution in [3.63, 3.8) is 0 Å². The van der Waals surface area contributed by atoms with Crippen LogP contribution in [0.1, 0.15) is 36.2 Å². The van der Waals surface area contributed by atoms with Gasteiger partial charge >= 0.3 is 0 Å². The molecule has 1 amide bonds. The number of benzene rings is 1. The molecule has 0 aliphatic carbocycles. The maximum Gasteiger partial charge on any atom is 0.273 e. The summed E-state index contributed by atoms with van der Waals surface area (Å²) in [4.78, 5) is 23.8. The van der Waals surface area contributed by atoms with Crippen molar-refractivity contribution in [3.8, 4) is 0 Å². The molecule has 0 radical (unpaired) electrons. The predicted molar refractivity (Wildman–Crippen MR) is 113 cm³/mol. The SMILES string of the molecule is O=C(c1nccc2cc(Nc3n[nH]c4cccnc34)ccc12)N1CCCCCC1. The maximum absolute atomic E-state index is 13.1. The largest absolute Gasteiger partial charge is 0.337 e. The molecule has 5 rings (SSSR count). The molecule has 0 spiro atoms. The summed E-state index contributed by atoms with van der Waals surface area (Å²) in [5.41, 5.74) is 3.09. The first-order valence-corrected chi connectivity index (χ1v) is 10.0. The zero-order valence-corrected chi connectivity index (χ0v) is 16.1. The highest BCUT2D eigenvalue weighted by molar-refractivity contribution is 6.06. The van der Waals surface area contributed by atoms with Crippen molar-refractivity contribution < 1.29 is 4.79 Å². The van der Waals surface area contributed by atoms with Gasteiger partial charge < -0.3 is 10.2 Å². The van der Waals surface area contributed by atoms with Gasteiger partial charge in [-0.15, -0.1) is 0 Å². The second kappa shape index (κ2) is 7.50. The van der Waals surface area contributed by atoms with Gasteiger partial charge in [0.2, 0.25) is 0 Å². The van der Waals surface area contributed by atoms with Crippen LogP contribution in [-0.2, 0) is 0 Å². The molecular weight excluding hydrogens is 364 g/mol. The van der Waals surface area contributed by atoms with E-state index in [9.17, 15) is 4.79 Å². The van der Waals surface area contributed by atoms with Crippen molar-refractivity contribution in [2.45, 2.75) is 25.7 Å². The van der Waals surface area contributed by atoms with E-state index in [1.807, 2.05) is 41.3 Å². The van der Waals surface area contributed by atoms with Crippen molar-refractivity contribution in [3.05, 3.63) is 54.5 Å². The fourth-order valence-corrected chi connectivity index (χ4v) is 3.93. The van der Waals surface area contributed by atoms with Crippen LogP contribution in [0.3, 0.4) is 0 Å². The Balaban J connectivity index is 1.46. The molecule has 1 aliphatic rings. The summed E-state index contributed by atoms with van der Waals surface area (Å²) in [6.07, 6.45) is 7.97. The summed E-state index contributed by atoms with van der Waals surface area (Å²) in [6, 6.07) is 11.7. The molecule has 2 N–H and O–H groups in total. The average molecular weight is 386 g/mol. The number of carbonyl (C=O) groups excluding carboxylic acids is 1. The minimum Gasteiger partial charge on any atom is -0.337 e. The van der Waals surface area contributed by atoms with Gasteiger partial charge in [-0.2, -0.15) is 5.10 Å². The van der Waals surface area contributed by atoms with Crippen molar-refractivity contribution in [1.29, 1.82) is 0 Å². The zero-order valence-electron chi connectivity index (χ0n) is 16.1. The van der Waals surface area contributed by atoms with Gasteiger partial charge in [-0.05, 0) is 54.6 Å². The van der Waals surface area contributed by atoms with Gasteiger partial charge in [0.25, 0.3) is 5.91 Å². The van der Waals surface area contributed by atoms with E-state index >= 15 is 0 Å². The topological polar surface area (TPSA) is 86.8 Å². The lowest BCUT2D eigenvalue weighted by molar-refractivity contribution is 0.0758. The summed E-state index contributed by atoms with van der Waals surface area (Å²) >= 11 is 0. The summed E-state index contributed by atoms with van der Waals surface area (Å²) in [5.74, 6) is 0.704. The highest BCUT2D eigenvalue weighted by atomic mass is 16.2. The Morgan fingerprint density at radius 3 is 2.72 bits per heavy atom. The molecule has 0 unspecified atom stereocenters. The van der Waals surface area contributed by atoms with Crippen LogP contribution in [0.25, 0.3) is 21.8 Å². The number of aromatic amines is 1. The Bertz CT molecular complexity index is 1180. The van der Waals surface area contributed by atoms with E-state index in [1.165, 1.54) is 12.8 Å². The van der Waals surface area contributed by atoms with Crippen LogP contribution in [0, 0.1) is 0 Å². The van der Waals surface area contributed by atoms with Gasteiger partial charge in [0.15, 0.2) is 5.82 Å². The number of anilines is 2. The molecule has 0 atom stereocenters. The predicted octanol–water partition coefficient (Wildman–Crippen LogP) is 4.27. The van der Waals surface area contributed by atoms with Crippen LogP contribution in [0.5, 0.6) is 0 Å². The molecule has 0 bridgehead atoms. The first-order chi connectivity index (χ1) is 14.3. The number of hydrogen-bond donors (Lipinski definition) is 2. The molecule has 1 aliphatic heterocycles. The summed E-state index contributed by atoms with van der Waals surface area (Å²) < 4.78 is 0. The number of hydrogen-bond acceptors (Lipinski definition) is 5. The van der Waals surface area contributed by atoms with Gasteiger partial charge in [0, 0.05) is 36.6 Å². The minimum absolute atomic E-state index is 0.0284. The Kier molecular flexibility index (Phi) is 4.56. The van der Waals surface area contributed by atoms with Crippen LogP contribution in [0.2, 0.25) is 0 Å². The van der Waals surface area contributed by atoms with E-state index in [4.69, 9.17) is 0 Å². The van der Waals surface area contributed by atoms with E-state index in [0.717, 1.165) is 53.4 Å². The molecule has 29 heavy (non-hydrogen) atoms. The normalized spacial score (nSPS) is 14.8. The van der Waals surface area contributed by atoms with E-state index in [2.05, 4.69) is 25.5 Å². The number of H-pyrrole nitrogens is 1. The van der Waals surface area contributed by atoms with Gasteiger partial charge in [0.1, 0.15) is 11.2 Å². The highest BCUT2D eigenvalue weighted by Gasteiger charge is 2.20. The van der Waals surface area contributed by atoms with Gasteiger partial charge in [-0.1, -0.05) is 12.8 Å². The molecule has 7 heteroatoms. The van der Waals surface area contributed by atoms with E-state index in [-0.39, 0.29) is 5.91 Å². The Morgan fingerprint density at radius 2 is 1.86 bits per heavy atom. The summed E-state index contributed by atoms with van der Waals surface area (Å²) in [6.45, 7) is 1.63. The Hall–Kier alpha value is -3.48. The Labute approximate surface area is 168 Å². The number of nitrogens with zero attached hydrogens (tertiary/aromatic N) is 4. The lowest BCUT2D eigenvalue weighted by Crippen LogP contribution is -2.32. The van der Waals surface area contributed by atoms with Crippen LogP contribution in [0.4, 0.5) is 11.5 Å². The molecule has 146 valence electrons. The lowest BCUT2D eigenvalue weighted by atomic mass is 10.1. The van der Waals surface area contributed by atoms with Crippen molar-refractivity contribution in [2.75, 3.05) is 18.4 Å². The van der Waals surface area contributed by atoms with Gasteiger partial charge in [-0.25, -0.2) is 0 Å². The smallest absolute Gasteiger partial charge is 0.273 e. The van der Waals surface area contributed by atoms with E-state index in [1.54, 1.807) is 12.4 Å². The molecule has 1 aromatic carbocycles. The third-order valence-electron chi connectivity index (χ3n) is 5.44. The second-order valence-corrected chi connectivity index (χ2v) is 7.40. The van der Waals surface area contributed by atoms with Crippen LogP contribution in [-0.4, -0.2) is 44.1 Å². The molecule has 0 saturated carbocycles. The first kappa shape index (κ1) is 17.6. The van der Waals surface area contributed by atoms with Crippen molar-refractivity contribution in [2.24, 2.45) is 0 Å². The highest BCUT2D eigenvalue weighted by Crippen LogP contribution is 2.26. The number of amides is 1. The van der Waals surface area contributed by atoms with Crippen molar-refractivity contribution >= 4 is 39.2 Å². The lowest BCUT2D eigenvalue weighted by Gasteiger charge is -2.20. The number of pyridine rings is 2. The standard InChI is InChI=1S/C22H22N6O/c29-22(28-12-3-1-2-4-13-28)19-17-8-7-16(14-15(17)9-11-24-19)25-21-20-18(26-27-21)6-5-10-23-20/h5-11,14H,1-4,12-13H2,(H2,25,26,27). The molecule has 7 nitrogen and oxygen atoms in total. The zero-order chi connectivity index (χ0) is 19.6. The fourth-order valence-electron chi connectivity index (χ4n) is 3.93. The number of nitrogens with one attached hydrogen (secondary N) is 2. The molecule has 1 saturated heterocycles. The number of fused-ring (bicyclic) bond motifs is 2. The quantitative estimate of drug-likeness (QED) is 0.549. The molecule has 4 aromatic rings. The molecular formula is C22H22N6O. The number of rotatable bonds is 3. The minimum atomic E-state index is 0.0284. The van der Waals surface area contributed by atoms with Gasteiger partial charge in [0.05, 0.1) is 5.52 Å². The Morgan fingerprint density at radius 1 is 1.00 bits per heavy atom.